The molecule has 37 heavy (non-hydrogen) atoms. The van der Waals surface area contributed by atoms with Gasteiger partial charge in [-0.15, -0.1) is 0 Å². The van der Waals surface area contributed by atoms with Gasteiger partial charge < -0.3 is 10.0 Å². The molecule has 3 atom stereocenters. The first-order valence-electron chi connectivity index (χ1n) is 11.1. The molecule has 6 nitrogen and oxygen atoms in total. The average Bonchev–Trinajstić information content (AvgIpc) is 3.54. The third-order valence-electron chi connectivity index (χ3n) is 6.78. The Morgan fingerprint density at radius 2 is 1.65 bits per heavy atom. The van der Waals surface area contributed by atoms with Gasteiger partial charge in [0.15, 0.2) is 6.10 Å². The van der Waals surface area contributed by atoms with Crippen LogP contribution in [0.1, 0.15) is 18.4 Å². The molecule has 0 unspecified atom stereocenters. The molecule has 1 heterocycles. The predicted octanol–water partition coefficient (Wildman–Crippen LogP) is 3.28. The quantitative estimate of drug-likeness (QED) is 0.491. The molecule has 202 valence electrons. The Balaban J connectivity index is 1.78. The van der Waals surface area contributed by atoms with E-state index in [1.54, 1.807) is 0 Å². The highest BCUT2D eigenvalue weighted by Gasteiger charge is 2.62. The number of likely N-dealkylation sites (tertiary alicyclic amines) is 1. The topological polar surface area (TPSA) is 86.7 Å². The third-order valence-corrected chi connectivity index (χ3v) is 7.83. The van der Waals surface area contributed by atoms with E-state index in [0.29, 0.717) is 18.2 Å². The lowest BCUT2D eigenvalue weighted by Crippen LogP contribution is -2.52. The van der Waals surface area contributed by atoms with Gasteiger partial charge in [-0.1, -0.05) is 0 Å². The van der Waals surface area contributed by atoms with Crippen molar-refractivity contribution >= 4 is 15.9 Å². The van der Waals surface area contributed by atoms with Crippen LogP contribution in [0.15, 0.2) is 30.3 Å². The highest BCUT2D eigenvalue weighted by molar-refractivity contribution is 7.89. The molecule has 2 fully saturated rings. The van der Waals surface area contributed by atoms with Crippen LogP contribution in [0.2, 0.25) is 0 Å². The Morgan fingerprint density at radius 1 is 1.05 bits per heavy atom. The van der Waals surface area contributed by atoms with E-state index >= 15 is 4.39 Å². The molecule has 0 bridgehead atoms. The second-order valence-electron chi connectivity index (χ2n) is 9.26. The van der Waals surface area contributed by atoms with Gasteiger partial charge in [-0.25, -0.2) is 35.1 Å². The van der Waals surface area contributed by atoms with Crippen molar-refractivity contribution in [1.82, 2.24) is 9.62 Å². The van der Waals surface area contributed by atoms with E-state index < -0.39 is 92.8 Å². The number of carbonyl (C=O) groups excluding carboxylic acids is 1. The normalized spacial score (nSPS) is 21.6. The van der Waals surface area contributed by atoms with E-state index in [1.165, 1.54) is 0 Å². The summed E-state index contributed by atoms with van der Waals surface area (Å²) in [6.07, 6.45) is -2.21. The zero-order valence-electron chi connectivity index (χ0n) is 18.9. The minimum absolute atomic E-state index is 0.247. The smallest absolute Gasteiger partial charge is 0.350 e. The fraction of sp³-hybridized carbons (Fsp3) is 0.435. The fourth-order valence-electron chi connectivity index (χ4n) is 4.87. The van der Waals surface area contributed by atoms with Crippen molar-refractivity contribution in [3.63, 3.8) is 0 Å². The van der Waals surface area contributed by atoms with Gasteiger partial charge in [0.05, 0.1) is 6.04 Å². The molecular weight excluding hydrogens is 533 g/mol. The minimum Gasteiger partial charge on any atom is -0.381 e. The van der Waals surface area contributed by atoms with Crippen LogP contribution in [0.3, 0.4) is 0 Å². The molecule has 0 radical (unpaired) electrons. The summed E-state index contributed by atoms with van der Waals surface area (Å²) in [6.45, 7) is -1.74. The number of aliphatic hydroxyl groups is 1. The number of hydrogen-bond donors (Lipinski definition) is 2. The van der Waals surface area contributed by atoms with Crippen LogP contribution in [-0.2, 0) is 21.2 Å². The van der Waals surface area contributed by atoms with Gasteiger partial charge in [-0.05, 0) is 54.7 Å². The van der Waals surface area contributed by atoms with Crippen LogP contribution in [-0.4, -0.2) is 61.5 Å². The number of halogens is 7. The SMILES string of the molecule is O=C([C@H](O)CF)N1CC2(CC2)[C@H](NS(=O)(=O)C(F)F)[C@@H]1Cc1cc(F)cc(-c2cc(F)cc(F)c2)c1F. The molecule has 1 saturated carbocycles. The summed E-state index contributed by atoms with van der Waals surface area (Å²) in [6, 6.07) is 0.613. The van der Waals surface area contributed by atoms with Crippen LogP contribution in [0, 0.1) is 28.7 Å². The first-order chi connectivity index (χ1) is 17.3. The Hall–Kier alpha value is -2.71. The molecule has 14 heteroatoms. The maximum Gasteiger partial charge on any atom is 0.350 e. The van der Waals surface area contributed by atoms with Crippen molar-refractivity contribution in [2.24, 2.45) is 5.41 Å². The van der Waals surface area contributed by atoms with Crippen molar-refractivity contribution in [3.05, 3.63) is 59.2 Å². The van der Waals surface area contributed by atoms with Crippen molar-refractivity contribution in [1.29, 1.82) is 0 Å². The lowest BCUT2D eigenvalue weighted by Gasteiger charge is -2.30. The summed E-state index contributed by atoms with van der Waals surface area (Å²) in [5.74, 6) is -9.33. The van der Waals surface area contributed by atoms with Crippen LogP contribution < -0.4 is 4.72 Å². The average molecular weight is 554 g/mol. The van der Waals surface area contributed by atoms with Gasteiger partial charge in [0.25, 0.3) is 15.9 Å². The highest BCUT2D eigenvalue weighted by atomic mass is 32.2. The maximum atomic E-state index is 15.5. The van der Waals surface area contributed by atoms with Gasteiger partial charge in [0.2, 0.25) is 0 Å². The summed E-state index contributed by atoms with van der Waals surface area (Å²) >= 11 is 0. The van der Waals surface area contributed by atoms with E-state index in [-0.39, 0.29) is 24.9 Å². The molecule has 1 amide bonds. The summed E-state index contributed by atoms with van der Waals surface area (Å²) in [5, 5.41) is 9.78. The van der Waals surface area contributed by atoms with E-state index in [0.717, 1.165) is 17.0 Å². The van der Waals surface area contributed by atoms with E-state index in [1.807, 2.05) is 4.72 Å². The Bertz CT molecular complexity index is 1300. The van der Waals surface area contributed by atoms with Crippen molar-refractivity contribution in [2.45, 2.75) is 43.2 Å². The monoisotopic (exact) mass is 554 g/mol. The van der Waals surface area contributed by atoms with E-state index in [9.17, 15) is 44.7 Å². The Labute approximate surface area is 207 Å². The first-order valence-corrected chi connectivity index (χ1v) is 12.6. The molecule has 4 rings (SSSR count). The number of nitrogens with one attached hydrogen (secondary N) is 1. The summed E-state index contributed by atoms with van der Waals surface area (Å²) in [4.78, 5) is 13.6. The standard InChI is InChI=1S/C23H21F7N2O4S/c24-9-18(33)21(34)32-10-23(1-2-23)20(31-37(35,36)22(29)30)17(32)6-12-5-15(27)8-16(19(12)28)11-3-13(25)7-14(26)4-11/h3-5,7-8,17-18,20,22,31,33H,1-2,6,9-10H2/t17-,18+,20+/m0/s1. The van der Waals surface area contributed by atoms with Crippen LogP contribution >= 0.6 is 0 Å². The van der Waals surface area contributed by atoms with Gasteiger partial charge in [-0.3, -0.25) is 4.79 Å². The van der Waals surface area contributed by atoms with Crippen molar-refractivity contribution in [3.8, 4) is 11.1 Å². The number of rotatable bonds is 8. The molecule has 2 N–H and O–H groups in total. The number of benzene rings is 2. The van der Waals surface area contributed by atoms with Crippen molar-refractivity contribution < 1.29 is 49.1 Å². The summed E-state index contributed by atoms with van der Waals surface area (Å²) < 4.78 is 123. The first kappa shape index (κ1) is 27.3. The number of carbonyl (C=O) groups is 1. The molecule has 1 spiro atoms. The number of alkyl halides is 3. The van der Waals surface area contributed by atoms with Gasteiger partial charge in [0.1, 0.15) is 29.9 Å². The van der Waals surface area contributed by atoms with Crippen LogP contribution in [0.25, 0.3) is 11.1 Å². The molecule has 1 saturated heterocycles. The van der Waals surface area contributed by atoms with Crippen LogP contribution in [0.4, 0.5) is 30.7 Å². The van der Waals surface area contributed by atoms with E-state index in [2.05, 4.69) is 0 Å². The maximum absolute atomic E-state index is 15.5. The zero-order valence-corrected chi connectivity index (χ0v) is 19.7. The Morgan fingerprint density at radius 3 is 2.19 bits per heavy atom. The van der Waals surface area contributed by atoms with Crippen LogP contribution in [0.5, 0.6) is 0 Å². The molecule has 2 aromatic rings. The molecule has 2 aliphatic rings. The lowest BCUT2D eigenvalue weighted by atomic mass is 9.91. The summed E-state index contributed by atoms with van der Waals surface area (Å²) in [5.41, 5.74) is -2.39. The fourth-order valence-corrected chi connectivity index (χ4v) is 5.73. The molecule has 1 aliphatic carbocycles. The molecule has 2 aromatic carbocycles. The predicted molar refractivity (Wildman–Crippen MR) is 116 cm³/mol. The van der Waals surface area contributed by atoms with Crippen molar-refractivity contribution in [2.75, 3.05) is 13.2 Å². The highest BCUT2D eigenvalue weighted by Crippen LogP contribution is 2.56. The number of sulfonamides is 1. The second-order valence-corrected chi connectivity index (χ2v) is 10.9. The lowest BCUT2D eigenvalue weighted by molar-refractivity contribution is -0.142. The molecule has 0 aromatic heterocycles. The molecule has 1 aliphatic heterocycles. The second kappa shape index (κ2) is 9.87. The van der Waals surface area contributed by atoms with Gasteiger partial charge >= 0.3 is 5.76 Å². The summed E-state index contributed by atoms with van der Waals surface area (Å²) in [7, 11) is -5.20. The molecular formula is C23H21F7N2O4S. The third kappa shape index (κ3) is 5.32. The number of nitrogens with zero attached hydrogens (tertiary/aromatic N) is 1. The number of aliphatic hydroxyl groups excluding tert-OH is 1. The minimum atomic E-state index is -5.20. The largest absolute Gasteiger partial charge is 0.381 e. The van der Waals surface area contributed by atoms with E-state index in [4.69, 9.17) is 0 Å². The van der Waals surface area contributed by atoms with Gasteiger partial charge in [-0.2, -0.15) is 8.78 Å². The van der Waals surface area contributed by atoms with Gasteiger partial charge in [0, 0.05) is 29.6 Å². The number of hydrogen-bond acceptors (Lipinski definition) is 4. The number of amides is 1. The Kier molecular flexibility index (Phi) is 7.29. The zero-order chi connectivity index (χ0) is 27.3.